The van der Waals surface area contributed by atoms with Crippen LogP contribution in [0.3, 0.4) is 0 Å². The van der Waals surface area contributed by atoms with Gasteiger partial charge in [-0.25, -0.2) is 0 Å². The first-order valence-corrected chi connectivity index (χ1v) is 8.52. The first kappa shape index (κ1) is 13.9. The Hall–Kier alpha value is -1.52. The highest BCUT2D eigenvalue weighted by Crippen LogP contribution is 2.62. The normalized spacial score (nSPS) is 39.8. The van der Waals surface area contributed by atoms with Gasteiger partial charge in [-0.05, 0) is 50.6 Å². The van der Waals surface area contributed by atoms with Crippen molar-refractivity contribution in [2.75, 3.05) is 20.7 Å². The van der Waals surface area contributed by atoms with Gasteiger partial charge < -0.3 is 19.5 Å². The molecule has 4 heteroatoms. The van der Waals surface area contributed by atoms with Crippen molar-refractivity contribution < 1.29 is 14.6 Å². The Morgan fingerprint density at radius 3 is 3.00 bits per heavy atom. The average molecular weight is 313 g/mol. The van der Waals surface area contributed by atoms with E-state index in [-0.39, 0.29) is 11.5 Å². The second-order valence-electron chi connectivity index (χ2n) is 7.56. The third-order valence-electron chi connectivity index (χ3n) is 6.71. The summed E-state index contributed by atoms with van der Waals surface area (Å²) in [5.74, 6) is 2.11. The van der Waals surface area contributed by atoms with Crippen LogP contribution in [-0.2, 0) is 11.8 Å². The van der Waals surface area contributed by atoms with E-state index in [9.17, 15) is 5.11 Å². The van der Waals surface area contributed by atoms with Gasteiger partial charge in [0.15, 0.2) is 11.5 Å². The van der Waals surface area contributed by atoms with Crippen LogP contribution in [0.2, 0.25) is 0 Å². The van der Waals surface area contributed by atoms with Crippen LogP contribution in [-0.4, -0.2) is 49.0 Å². The molecule has 2 bridgehead atoms. The van der Waals surface area contributed by atoms with Crippen molar-refractivity contribution in [2.24, 2.45) is 5.92 Å². The summed E-state index contributed by atoms with van der Waals surface area (Å²) in [7, 11) is 3.93. The summed E-state index contributed by atoms with van der Waals surface area (Å²) in [6, 6.07) is 2.59. The summed E-state index contributed by atoms with van der Waals surface area (Å²) in [5, 5.41) is 10.6. The molecule has 5 atom stereocenters. The monoisotopic (exact) mass is 313 g/mol. The number of likely N-dealkylation sites (tertiary alicyclic amines) is 1. The minimum atomic E-state index is -0.543. The van der Waals surface area contributed by atoms with Crippen molar-refractivity contribution in [3.63, 3.8) is 0 Å². The fourth-order valence-electron chi connectivity index (χ4n) is 5.64. The minimum Gasteiger partial charge on any atom is -0.493 e. The molecule has 23 heavy (non-hydrogen) atoms. The van der Waals surface area contributed by atoms with Gasteiger partial charge in [-0.1, -0.05) is 12.2 Å². The topological polar surface area (TPSA) is 41.9 Å². The lowest BCUT2D eigenvalue weighted by Crippen LogP contribution is -2.64. The SMILES string of the molecule is COc1cc(C)c2c3c1O[C@H]1[C@@H](O)C=C[C@@H]4[C@@H](C2)N(C)CC[C@@]341. The zero-order valence-electron chi connectivity index (χ0n) is 13.9. The molecule has 4 aliphatic rings. The summed E-state index contributed by atoms with van der Waals surface area (Å²) in [5.41, 5.74) is 3.94. The average Bonchev–Trinajstić information content (AvgIpc) is 2.89. The van der Waals surface area contributed by atoms with Crippen LogP contribution in [0.5, 0.6) is 11.5 Å². The lowest BCUT2D eigenvalue weighted by molar-refractivity contribution is -0.0454. The number of aryl methyl sites for hydroxylation is 1. The first-order valence-electron chi connectivity index (χ1n) is 8.52. The Morgan fingerprint density at radius 2 is 2.22 bits per heavy atom. The maximum atomic E-state index is 10.6. The van der Waals surface area contributed by atoms with Crippen LogP contribution >= 0.6 is 0 Å². The Kier molecular flexibility index (Phi) is 2.60. The quantitative estimate of drug-likeness (QED) is 0.803. The number of nitrogens with zero attached hydrogens (tertiary/aromatic N) is 1. The van der Waals surface area contributed by atoms with Crippen molar-refractivity contribution >= 4 is 0 Å². The van der Waals surface area contributed by atoms with Crippen molar-refractivity contribution in [3.05, 3.63) is 34.9 Å². The second-order valence-corrected chi connectivity index (χ2v) is 7.56. The molecule has 1 spiro atoms. The summed E-state index contributed by atoms with van der Waals surface area (Å²) in [6.45, 7) is 3.23. The number of ether oxygens (including phenoxy) is 2. The van der Waals surface area contributed by atoms with Crippen molar-refractivity contribution in [1.82, 2.24) is 4.90 Å². The van der Waals surface area contributed by atoms with Gasteiger partial charge in [-0.3, -0.25) is 0 Å². The van der Waals surface area contributed by atoms with Gasteiger partial charge in [0.25, 0.3) is 0 Å². The molecule has 1 N–H and O–H groups in total. The smallest absolute Gasteiger partial charge is 0.166 e. The number of benzene rings is 1. The molecule has 1 saturated heterocycles. The maximum Gasteiger partial charge on any atom is 0.166 e. The predicted octanol–water partition coefficient (Wildman–Crippen LogP) is 1.81. The molecule has 122 valence electrons. The minimum absolute atomic E-state index is 0.0897. The molecular formula is C19H23NO3. The number of piperidine rings is 1. The lowest BCUT2D eigenvalue weighted by Gasteiger charge is -2.56. The molecule has 1 aromatic rings. The lowest BCUT2D eigenvalue weighted by atomic mass is 9.53. The molecule has 2 heterocycles. The maximum absolute atomic E-state index is 10.6. The van der Waals surface area contributed by atoms with E-state index in [0.717, 1.165) is 30.9 Å². The first-order chi connectivity index (χ1) is 11.1. The molecule has 0 amide bonds. The van der Waals surface area contributed by atoms with E-state index in [0.29, 0.717) is 12.0 Å². The van der Waals surface area contributed by atoms with Gasteiger partial charge in [0, 0.05) is 22.9 Å². The van der Waals surface area contributed by atoms with Crippen LogP contribution < -0.4 is 9.47 Å². The summed E-state index contributed by atoms with van der Waals surface area (Å²) in [6.07, 6.45) is 5.55. The molecule has 5 rings (SSSR count). The zero-order valence-corrected chi connectivity index (χ0v) is 13.9. The summed E-state index contributed by atoms with van der Waals surface area (Å²) in [4.78, 5) is 2.49. The van der Waals surface area contributed by atoms with Crippen molar-refractivity contribution in [3.8, 4) is 11.5 Å². The Balaban J connectivity index is 1.85. The van der Waals surface area contributed by atoms with E-state index in [1.54, 1.807) is 7.11 Å². The molecule has 0 saturated carbocycles. The fraction of sp³-hybridized carbons (Fsp3) is 0.579. The van der Waals surface area contributed by atoms with Gasteiger partial charge in [0.1, 0.15) is 12.2 Å². The van der Waals surface area contributed by atoms with E-state index in [1.807, 2.05) is 6.08 Å². The molecule has 2 aliphatic carbocycles. The van der Waals surface area contributed by atoms with E-state index in [4.69, 9.17) is 9.47 Å². The molecule has 0 unspecified atom stereocenters. The highest BCUT2D eigenvalue weighted by molar-refractivity contribution is 5.64. The number of aliphatic hydroxyl groups excluding tert-OH is 1. The Bertz CT molecular complexity index is 728. The van der Waals surface area contributed by atoms with Crippen LogP contribution in [0.1, 0.15) is 23.1 Å². The third-order valence-corrected chi connectivity index (χ3v) is 6.71. The highest BCUT2D eigenvalue weighted by atomic mass is 16.5. The molecule has 4 nitrogen and oxygen atoms in total. The standard InChI is InChI=1S/C19H23NO3/c1-10-8-15(22-3)17-16-11(10)9-13-12-4-5-14(21)18(23-17)19(12,16)6-7-20(13)2/h4-5,8,12-14,18,21H,6-7,9H2,1-3H3/t12-,13-,14+,18+,19+/m1/s1. The molecule has 0 aromatic heterocycles. The Morgan fingerprint density at radius 1 is 1.39 bits per heavy atom. The van der Waals surface area contributed by atoms with Crippen molar-refractivity contribution in [2.45, 2.75) is 43.4 Å². The molecule has 2 aliphatic heterocycles. The Labute approximate surface area is 136 Å². The van der Waals surface area contributed by atoms with Crippen molar-refractivity contribution in [1.29, 1.82) is 0 Å². The fourth-order valence-corrected chi connectivity index (χ4v) is 5.64. The molecule has 1 fully saturated rings. The largest absolute Gasteiger partial charge is 0.493 e. The molecular weight excluding hydrogens is 290 g/mol. The van der Waals surface area contributed by atoms with Crippen LogP contribution in [0.15, 0.2) is 18.2 Å². The van der Waals surface area contributed by atoms with E-state index in [1.165, 1.54) is 16.7 Å². The van der Waals surface area contributed by atoms with Crippen LogP contribution in [0, 0.1) is 12.8 Å². The van der Waals surface area contributed by atoms with Gasteiger partial charge >= 0.3 is 0 Å². The number of hydrogen-bond donors (Lipinski definition) is 1. The van der Waals surface area contributed by atoms with E-state index < -0.39 is 6.10 Å². The third kappa shape index (κ3) is 1.45. The number of hydrogen-bond acceptors (Lipinski definition) is 4. The van der Waals surface area contributed by atoms with Gasteiger partial charge in [0.05, 0.1) is 7.11 Å². The molecule has 1 aromatic carbocycles. The number of aliphatic hydroxyl groups is 1. The highest BCUT2D eigenvalue weighted by Gasteiger charge is 2.64. The van der Waals surface area contributed by atoms with Crippen LogP contribution in [0.4, 0.5) is 0 Å². The number of rotatable bonds is 1. The van der Waals surface area contributed by atoms with E-state index in [2.05, 4.69) is 31.0 Å². The number of methoxy groups -OCH3 is 1. The summed E-state index contributed by atoms with van der Waals surface area (Å²) >= 11 is 0. The second kappa shape index (κ2) is 4.31. The summed E-state index contributed by atoms with van der Waals surface area (Å²) < 4.78 is 12.0. The number of likely N-dealkylation sites (N-methyl/N-ethyl adjacent to an activating group) is 1. The van der Waals surface area contributed by atoms with Crippen LogP contribution in [0.25, 0.3) is 0 Å². The molecule has 0 radical (unpaired) electrons. The van der Waals surface area contributed by atoms with Gasteiger partial charge in [-0.2, -0.15) is 0 Å². The predicted molar refractivity (Wildman–Crippen MR) is 87.2 cm³/mol. The van der Waals surface area contributed by atoms with Gasteiger partial charge in [0.2, 0.25) is 0 Å². The zero-order chi connectivity index (χ0) is 15.9. The van der Waals surface area contributed by atoms with E-state index >= 15 is 0 Å². The van der Waals surface area contributed by atoms with Gasteiger partial charge in [-0.15, -0.1) is 0 Å².